The van der Waals surface area contributed by atoms with E-state index in [4.69, 9.17) is 9.47 Å². The first-order valence-corrected chi connectivity index (χ1v) is 12.7. The molecular weight excluding hydrogens is 525 g/mol. The number of imidazole rings is 2. The molecule has 1 saturated carbocycles. The summed E-state index contributed by atoms with van der Waals surface area (Å²) in [6.07, 6.45) is 3.34. The first-order valence-electron chi connectivity index (χ1n) is 12.7. The van der Waals surface area contributed by atoms with Gasteiger partial charge >= 0.3 is 6.18 Å². The van der Waals surface area contributed by atoms with Gasteiger partial charge in [0, 0.05) is 36.1 Å². The Morgan fingerprint density at radius 3 is 2.48 bits per heavy atom. The van der Waals surface area contributed by atoms with E-state index in [9.17, 15) is 13.2 Å². The van der Waals surface area contributed by atoms with Crippen molar-refractivity contribution in [1.29, 1.82) is 0 Å². The van der Waals surface area contributed by atoms with Gasteiger partial charge in [-0.3, -0.25) is 0 Å². The van der Waals surface area contributed by atoms with Gasteiger partial charge in [-0.25, -0.2) is 24.5 Å². The zero-order valence-electron chi connectivity index (χ0n) is 21.9. The molecule has 0 bridgehead atoms. The highest BCUT2D eigenvalue weighted by atomic mass is 19.4. The smallest absolute Gasteiger partial charge is 0.434 e. The Morgan fingerprint density at radius 1 is 1.02 bits per heavy atom. The topological polar surface area (TPSA) is 105 Å². The lowest BCUT2D eigenvalue weighted by atomic mass is 10.1. The van der Waals surface area contributed by atoms with Crippen LogP contribution in [0.3, 0.4) is 0 Å². The molecule has 0 atom stereocenters. The van der Waals surface area contributed by atoms with Gasteiger partial charge in [-0.15, -0.1) is 5.10 Å². The number of hydrogen-bond acceptors (Lipinski definition) is 8. The molecule has 1 aliphatic rings. The van der Waals surface area contributed by atoms with Crippen LogP contribution in [0.25, 0.3) is 28.4 Å². The molecule has 40 heavy (non-hydrogen) atoms. The summed E-state index contributed by atoms with van der Waals surface area (Å²) in [5, 5.41) is 4.60. The van der Waals surface area contributed by atoms with E-state index in [-0.39, 0.29) is 24.4 Å². The molecule has 206 valence electrons. The van der Waals surface area contributed by atoms with Gasteiger partial charge in [0.25, 0.3) is 5.88 Å². The standard InChI is InChI=1S/C27H25F3N8O2/c1-15(2)37-12-19(27(28,29)30)34-23(37)18-6-4-16(5-7-18)13-40-26-24-31-10-11-38(24)36-22(35-26)20-21(17-8-9-17)32-14-33-25(20)39-3/h4-7,10-12,14-15,17H,8-9,13H2,1-3H3. The maximum atomic E-state index is 13.3. The maximum absolute atomic E-state index is 13.3. The van der Waals surface area contributed by atoms with Crippen molar-refractivity contribution in [2.75, 3.05) is 7.11 Å². The highest BCUT2D eigenvalue weighted by Gasteiger charge is 2.35. The van der Waals surface area contributed by atoms with E-state index in [0.29, 0.717) is 34.4 Å². The molecule has 0 spiro atoms. The zero-order chi connectivity index (χ0) is 28.0. The molecule has 1 fully saturated rings. The third-order valence-corrected chi connectivity index (χ3v) is 6.61. The Labute approximate surface area is 226 Å². The van der Waals surface area contributed by atoms with Crippen molar-refractivity contribution in [2.45, 2.75) is 51.4 Å². The largest absolute Gasteiger partial charge is 0.480 e. The fourth-order valence-electron chi connectivity index (χ4n) is 4.46. The van der Waals surface area contributed by atoms with Crippen LogP contribution in [-0.2, 0) is 12.8 Å². The van der Waals surface area contributed by atoms with E-state index in [1.807, 2.05) is 13.8 Å². The van der Waals surface area contributed by atoms with Crippen LogP contribution in [0.2, 0.25) is 0 Å². The van der Waals surface area contributed by atoms with Gasteiger partial charge in [0.2, 0.25) is 11.5 Å². The molecule has 0 unspecified atom stereocenters. The van der Waals surface area contributed by atoms with Crippen LogP contribution < -0.4 is 9.47 Å². The molecule has 5 aromatic rings. The van der Waals surface area contributed by atoms with Crippen LogP contribution >= 0.6 is 0 Å². The van der Waals surface area contributed by atoms with Gasteiger partial charge in [0.05, 0.1) is 12.8 Å². The molecule has 0 aliphatic heterocycles. The van der Waals surface area contributed by atoms with Crippen LogP contribution in [0.5, 0.6) is 11.8 Å². The Balaban J connectivity index is 1.29. The van der Waals surface area contributed by atoms with Crippen LogP contribution in [-0.4, -0.2) is 46.2 Å². The quantitative estimate of drug-likeness (QED) is 0.249. The first kappa shape index (κ1) is 25.7. The van der Waals surface area contributed by atoms with Crippen molar-refractivity contribution >= 4 is 5.65 Å². The van der Waals surface area contributed by atoms with Crippen molar-refractivity contribution in [2.24, 2.45) is 0 Å². The predicted molar refractivity (Wildman–Crippen MR) is 138 cm³/mol. The van der Waals surface area contributed by atoms with Gasteiger partial charge in [-0.05, 0) is 32.3 Å². The molecule has 0 radical (unpaired) electrons. The minimum atomic E-state index is -4.52. The van der Waals surface area contributed by atoms with Crippen molar-refractivity contribution in [3.05, 3.63) is 66.1 Å². The number of ether oxygens (including phenoxy) is 2. The van der Waals surface area contributed by atoms with Gasteiger partial charge < -0.3 is 14.0 Å². The van der Waals surface area contributed by atoms with Gasteiger partial charge in [-0.1, -0.05) is 24.3 Å². The molecule has 0 saturated heterocycles. The molecule has 1 aromatic carbocycles. The fourth-order valence-corrected chi connectivity index (χ4v) is 4.46. The monoisotopic (exact) mass is 550 g/mol. The number of benzene rings is 1. The molecule has 13 heteroatoms. The highest BCUT2D eigenvalue weighted by molar-refractivity contribution is 5.67. The second-order valence-electron chi connectivity index (χ2n) is 9.79. The van der Waals surface area contributed by atoms with Crippen molar-refractivity contribution in [3.63, 3.8) is 0 Å². The zero-order valence-corrected chi connectivity index (χ0v) is 21.9. The van der Waals surface area contributed by atoms with Gasteiger partial charge in [0.15, 0.2) is 11.5 Å². The summed E-state index contributed by atoms with van der Waals surface area (Å²) in [5.74, 6) is 1.55. The second kappa shape index (κ2) is 9.88. The van der Waals surface area contributed by atoms with Gasteiger partial charge in [0.1, 0.15) is 24.3 Å². The summed E-state index contributed by atoms with van der Waals surface area (Å²) < 4.78 is 54.6. The molecule has 0 amide bonds. The van der Waals surface area contributed by atoms with Crippen LogP contribution in [0.4, 0.5) is 13.2 Å². The second-order valence-corrected chi connectivity index (χ2v) is 9.79. The summed E-state index contributed by atoms with van der Waals surface area (Å²) >= 11 is 0. The Kier molecular flexibility index (Phi) is 6.35. The van der Waals surface area contributed by atoms with Crippen molar-refractivity contribution in [1.82, 2.24) is 39.1 Å². The summed E-state index contributed by atoms with van der Waals surface area (Å²) in [6.45, 7) is 3.76. The number of aromatic nitrogens is 8. The average Bonchev–Trinajstić information content (AvgIpc) is 3.48. The number of halogens is 3. The van der Waals surface area contributed by atoms with E-state index in [0.717, 1.165) is 30.3 Å². The van der Waals surface area contributed by atoms with Crippen LogP contribution in [0, 0.1) is 0 Å². The van der Waals surface area contributed by atoms with Crippen LogP contribution in [0.1, 0.15) is 55.6 Å². The first-order chi connectivity index (χ1) is 19.2. The predicted octanol–water partition coefficient (Wildman–Crippen LogP) is 5.51. The van der Waals surface area contributed by atoms with E-state index < -0.39 is 11.9 Å². The van der Waals surface area contributed by atoms with E-state index >= 15 is 0 Å². The van der Waals surface area contributed by atoms with Crippen LogP contribution in [0.15, 0.2) is 49.2 Å². The molecule has 1 aliphatic carbocycles. The average molecular weight is 551 g/mol. The van der Waals surface area contributed by atoms with Gasteiger partial charge in [-0.2, -0.15) is 18.2 Å². The minimum Gasteiger partial charge on any atom is -0.480 e. The molecule has 4 aromatic heterocycles. The number of nitrogens with zero attached hydrogens (tertiary/aromatic N) is 8. The van der Waals surface area contributed by atoms with Crippen molar-refractivity contribution in [3.8, 4) is 34.5 Å². The number of methoxy groups -OCH3 is 1. The Bertz CT molecular complexity index is 1670. The number of alkyl halides is 3. The third-order valence-electron chi connectivity index (χ3n) is 6.61. The lowest BCUT2D eigenvalue weighted by Crippen LogP contribution is -2.07. The normalized spacial score (nSPS) is 13.8. The lowest BCUT2D eigenvalue weighted by molar-refractivity contribution is -0.140. The molecule has 0 N–H and O–H groups in total. The number of rotatable bonds is 8. The summed E-state index contributed by atoms with van der Waals surface area (Å²) in [4.78, 5) is 21.6. The van der Waals surface area contributed by atoms with Crippen molar-refractivity contribution < 1.29 is 22.6 Å². The highest BCUT2D eigenvalue weighted by Crippen LogP contribution is 2.45. The Hall–Kier alpha value is -4.55. The molecule has 6 rings (SSSR count). The fraction of sp³-hybridized carbons (Fsp3) is 0.333. The summed E-state index contributed by atoms with van der Waals surface area (Å²) in [7, 11) is 1.54. The number of fused-ring (bicyclic) bond motifs is 1. The molecular formula is C27H25F3N8O2. The number of hydrogen-bond donors (Lipinski definition) is 0. The van der Waals surface area contributed by atoms with E-state index in [2.05, 4.69) is 30.0 Å². The maximum Gasteiger partial charge on any atom is 0.434 e. The molecule has 10 nitrogen and oxygen atoms in total. The van der Waals surface area contributed by atoms with E-state index in [1.54, 1.807) is 41.2 Å². The summed E-state index contributed by atoms with van der Waals surface area (Å²) in [6, 6.07) is 6.83. The SMILES string of the molecule is COc1ncnc(C2CC2)c1-c1nc(OCc2ccc(-c3nc(C(F)(F)F)cn3C(C)C)cc2)c2nccn2n1. The summed E-state index contributed by atoms with van der Waals surface area (Å²) in [5.41, 5.74) is 2.32. The minimum absolute atomic E-state index is 0.142. The third kappa shape index (κ3) is 4.82. The Morgan fingerprint density at radius 2 is 1.80 bits per heavy atom. The molecule has 4 heterocycles. The lowest BCUT2D eigenvalue weighted by Gasteiger charge is -2.13. The van der Waals surface area contributed by atoms with E-state index in [1.165, 1.54) is 18.0 Å².